The fourth-order valence-corrected chi connectivity index (χ4v) is 2.92. The molecule has 1 aromatic carbocycles. The lowest BCUT2D eigenvalue weighted by Crippen LogP contribution is -2.48. The first kappa shape index (κ1) is 19.2. The molecule has 6 nitrogen and oxygen atoms in total. The molecule has 27 heavy (non-hydrogen) atoms. The van der Waals surface area contributed by atoms with Gasteiger partial charge in [0, 0.05) is 39.3 Å². The Morgan fingerprint density at radius 3 is 2.52 bits per heavy atom. The van der Waals surface area contributed by atoms with Gasteiger partial charge in [-0.15, -0.1) is 0 Å². The topological polar surface area (TPSA) is 61.4 Å². The van der Waals surface area contributed by atoms with Crippen molar-refractivity contribution in [2.24, 2.45) is 0 Å². The van der Waals surface area contributed by atoms with Gasteiger partial charge in [-0.05, 0) is 24.3 Å². The van der Waals surface area contributed by atoms with E-state index in [-0.39, 0.29) is 22.6 Å². The number of aromatic nitrogens is 2. The molecular formula is C17H17ClF3N5O. The van der Waals surface area contributed by atoms with Crippen molar-refractivity contribution >= 4 is 35.0 Å². The Labute approximate surface area is 159 Å². The molecule has 1 saturated heterocycles. The predicted molar refractivity (Wildman–Crippen MR) is 96.2 cm³/mol. The SMILES string of the molecule is CC(=O)N1CCN(c2ccnc(Nc3cc(C(F)(F)F)ccc3Cl)n2)CC1. The van der Waals surface area contributed by atoms with Crippen LogP contribution in [-0.4, -0.2) is 47.0 Å². The Kier molecular flexibility index (Phi) is 5.41. The van der Waals surface area contributed by atoms with Crippen LogP contribution in [0.25, 0.3) is 0 Å². The maximum absolute atomic E-state index is 12.9. The van der Waals surface area contributed by atoms with Gasteiger partial charge in [0.15, 0.2) is 0 Å². The van der Waals surface area contributed by atoms with E-state index >= 15 is 0 Å². The van der Waals surface area contributed by atoms with Crippen LogP contribution in [0.1, 0.15) is 12.5 Å². The Morgan fingerprint density at radius 1 is 1.19 bits per heavy atom. The number of carbonyl (C=O) groups excluding carboxylic acids is 1. The first-order valence-electron chi connectivity index (χ1n) is 8.21. The van der Waals surface area contributed by atoms with Crippen LogP contribution in [0, 0.1) is 0 Å². The lowest BCUT2D eigenvalue weighted by Gasteiger charge is -2.34. The normalized spacial score (nSPS) is 15.0. The Hall–Kier alpha value is -2.55. The molecule has 0 aliphatic carbocycles. The largest absolute Gasteiger partial charge is 0.416 e. The van der Waals surface area contributed by atoms with Crippen molar-refractivity contribution in [2.75, 3.05) is 36.4 Å². The summed E-state index contributed by atoms with van der Waals surface area (Å²) in [5.74, 6) is 0.792. The molecule has 2 aromatic rings. The molecule has 0 unspecified atom stereocenters. The molecule has 0 bridgehead atoms. The first-order chi connectivity index (χ1) is 12.7. The zero-order valence-corrected chi connectivity index (χ0v) is 15.2. The maximum Gasteiger partial charge on any atom is 0.416 e. The van der Waals surface area contributed by atoms with Gasteiger partial charge in [-0.3, -0.25) is 4.79 Å². The number of benzene rings is 1. The fourth-order valence-electron chi connectivity index (χ4n) is 2.75. The monoisotopic (exact) mass is 399 g/mol. The fraction of sp³-hybridized carbons (Fsp3) is 0.353. The quantitative estimate of drug-likeness (QED) is 0.855. The number of rotatable bonds is 3. The molecule has 1 fully saturated rings. The van der Waals surface area contributed by atoms with Gasteiger partial charge in [0.2, 0.25) is 11.9 Å². The average Bonchev–Trinajstić information content (AvgIpc) is 2.63. The molecule has 1 N–H and O–H groups in total. The van der Waals surface area contributed by atoms with E-state index in [2.05, 4.69) is 15.3 Å². The van der Waals surface area contributed by atoms with Crippen LogP contribution in [0.15, 0.2) is 30.5 Å². The lowest BCUT2D eigenvalue weighted by molar-refractivity contribution is -0.137. The maximum atomic E-state index is 12.9. The van der Waals surface area contributed by atoms with Crippen molar-refractivity contribution in [1.29, 1.82) is 0 Å². The number of carbonyl (C=O) groups is 1. The molecule has 3 rings (SSSR count). The summed E-state index contributed by atoms with van der Waals surface area (Å²) in [4.78, 5) is 23.6. The highest BCUT2D eigenvalue weighted by atomic mass is 35.5. The van der Waals surface area contributed by atoms with Gasteiger partial charge >= 0.3 is 6.18 Å². The number of halogens is 4. The van der Waals surface area contributed by atoms with Crippen LogP contribution in [0.5, 0.6) is 0 Å². The molecule has 0 radical (unpaired) electrons. The van der Waals surface area contributed by atoms with Gasteiger partial charge in [-0.25, -0.2) is 4.98 Å². The van der Waals surface area contributed by atoms with Gasteiger partial charge in [0.05, 0.1) is 16.3 Å². The van der Waals surface area contributed by atoms with E-state index in [9.17, 15) is 18.0 Å². The zero-order valence-electron chi connectivity index (χ0n) is 14.4. The number of hydrogen-bond donors (Lipinski definition) is 1. The Bertz CT molecular complexity index is 838. The van der Waals surface area contributed by atoms with Crippen LogP contribution >= 0.6 is 11.6 Å². The van der Waals surface area contributed by atoms with E-state index in [0.29, 0.717) is 32.0 Å². The number of nitrogens with one attached hydrogen (secondary N) is 1. The molecule has 10 heteroatoms. The third kappa shape index (κ3) is 4.60. The highest BCUT2D eigenvalue weighted by molar-refractivity contribution is 6.33. The first-order valence-corrected chi connectivity index (χ1v) is 8.59. The summed E-state index contributed by atoms with van der Waals surface area (Å²) in [6.07, 6.45) is -2.95. The number of alkyl halides is 3. The van der Waals surface area contributed by atoms with Crippen molar-refractivity contribution in [1.82, 2.24) is 14.9 Å². The highest BCUT2D eigenvalue weighted by Crippen LogP contribution is 2.34. The lowest BCUT2D eigenvalue weighted by atomic mass is 10.2. The number of amides is 1. The van der Waals surface area contributed by atoms with Crippen LogP contribution in [0.2, 0.25) is 5.02 Å². The van der Waals surface area contributed by atoms with Crippen molar-refractivity contribution in [3.05, 3.63) is 41.0 Å². The molecule has 2 heterocycles. The van der Waals surface area contributed by atoms with E-state index < -0.39 is 11.7 Å². The van der Waals surface area contributed by atoms with Crippen molar-refractivity contribution < 1.29 is 18.0 Å². The summed E-state index contributed by atoms with van der Waals surface area (Å²) in [5, 5.41) is 2.88. The summed E-state index contributed by atoms with van der Waals surface area (Å²) in [5.41, 5.74) is -0.740. The molecule has 144 valence electrons. The summed E-state index contributed by atoms with van der Waals surface area (Å²) >= 11 is 6.00. The molecule has 1 aliphatic rings. The van der Waals surface area contributed by atoms with E-state index in [4.69, 9.17) is 11.6 Å². The molecule has 1 aromatic heterocycles. The smallest absolute Gasteiger partial charge is 0.353 e. The third-order valence-electron chi connectivity index (χ3n) is 4.23. The molecule has 0 atom stereocenters. The van der Waals surface area contributed by atoms with Crippen LogP contribution < -0.4 is 10.2 Å². The second kappa shape index (κ2) is 7.59. The van der Waals surface area contributed by atoms with Crippen molar-refractivity contribution in [3.63, 3.8) is 0 Å². The summed E-state index contributed by atoms with van der Waals surface area (Å²) in [7, 11) is 0. The van der Waals surface area contributed by atoms with E-state index in [1.807, 2.05) is 4.90 Å². The number of anilines is 3. The summed E-state index contributed by atoms with van der Waals surface area (Å²) < 4.78 is 38.7. The van der Waals surface area contributed by atoms with Gasteiger partial charge < -0.3 is 15.1 Å². The molecule has 0 saturated carbocycles. The minimum Gasteiger partial charge on any atom is -0.353 e. The summed E-state index contributed by atoms with van der Waals surface area (Å²) in [6.45, 7) is 3.92. The zero-order chi connectivity index (χ0) is 19.6. The van der Waals surface area contributed by atoms with Gasteiger partial charge in [-0.2, -0.15) is 18.2 Å². The van der Waals surface area contributed by atoms with Crippen molar-refractivity contribution in [3.8, 4) is 0 Å². The minimum atomic E-state index is -4.47. The highest BCUT2D eigenvalue weighted by Gasteiger charge is 2.31. The number of nitrogens with zero attached hydrogens (tertiary/aromatic N) is 4. The third-order valence-corrected chi connectivity index (χ3v) is 4.56. The van der Waals surface area contributed by atoms with Gasteiger partial charge in [0.1, 0.15) is 5.82 Å². The van der Waals surface area contributed by atoms with Gasteiger partial charge in [0.25, 0.3) is 0 Å². The Morgan fingerprint density at radius 2 is 1.89 bits per heavy atom. The van der Waals surface area contributed by atoms with E-state index in [0.717, 1.165) is 12.1 Å². The number of hydrogen-bond acceptors (Lipinski definition) is 5. The molecule has 1 aliphatic heterocycles. The van der Waals surface area contributed by atoms with Crippen LogP contribution in [-0.2, 0) is 11.0 Å². The number of piperazine rings is 1. The Balaban J connectivity index is 1.76. The molecule has 1 amide bonds. The summed E-state index contributed by atoms with van der Waals surface area (Å²) in [6, 6.07) is 4.73. The second-order valence-electron chi connectivity index (χ2n) is 6.05. The van der Waals surface area contributed by atoms with Crippen molar-refractivity contribution in [2.45, 2.75) is 13.1 Å². The average molecular weight is 400 g/mol. The molecular weight excluding hydrogens is 383 g/mol. The molecule has 0 spiro atoms. The minimum absolute atomic E-state index is 0.0267. The van der Waals surface area contributed by atoms with Crippen LogP contribution in [0.3, 0.4) is 0 Å². The standard InChI is InChI=1S/C17H17ClF3N5O/c1-11(27)25-6-8-26(9-7-25)15-4-5-22-16(24-15)23-14-10-12(17(19,20)21)2-3-13(14)18/h2-5,10H,6-9H2,1H3,(H,22,23,24). The van der Waals surface area contributed by atoms with E-state index in [1.54, 1.807) is 11.0 Å². The van der Waals surface area contributed by atoms with E-state index in [1.165, 1.54) is 19.2 Å². The van der Waals surface area contributed by atoms with Crippen LogP contribution in [0.4, 0.5) is 30.6 Å². The van der Waals surface area contributed by atoms with Gasteiger partial charge in [-0.1, -0.05) is 11.6 Å². The predicted octanol–water partition coefficient (Wildman–Crippen LogP) is 3.56. The second-order valence-corrected chi connectivity index (χ2v) is 6.46.